The molecule has 1 saturated carbocycles. The number of nitrogens with zero attached hydrogens (tertiary/aromatic N) is 1. The highest BCUT2D eigenvalue weighted by atomic mass is 16.4. The zero-order valence-corrected chi connectivity index (χ0v) is 16.1. The summed E-state index contributed by atoms with van der Waals surface area (Å²) in [4.78, 5) is 16.0. The van der Waals surface area contributed by atoms with Crippen LogP contribution in [0.2, 0.25) is 0 Å². The summed E-state index contributed by atoms with van der Waals surface area (Å²) in [6, 6.07) is 19.9. The van der Waals surface area contributed by atoms with E-state index in [1.807, 2.05) is 60.7 Å². The Hall–Kier alpha value is -3.38. The summed E-state index contributed by atoms with van der Waals surface area (Å²) in [5.41, 5.74) is 17.4. The van der Waals surface area contributed by atoms with E-state index in [1.54, 1.807) is 0 Å². The first kappa shape index (κ1) is 19.0. The van der Waals surface area contributed by atoms with E-state index < -0.39 is 11.6 Å². The first-order chi connectivity index (χ1) is 14.0. The van der Waals surface area contributed by atoms with Crippen LogP contribution in [0.4, 0.5) is 10.5 Å². The van der Waals surface area contributed by atoms with Gasteiger partial charge in [0.2, 0.25) is 0 Å². The fourth-order valence-corrected chi connectivity index (χ4v) is 3.96. The molecule has 0 atom stereocenters. The van der Waals surface area contributed by atoms with Crippen LogP contribution in [0.1, 0.15) is 30.5 Å². The molecule has 1 amide bonds. The average molecular weight is 388 g/mol. The number of carboxylic acid groups (broad SMARTS) is 1. The quantitative estimate of drug-likeness (QED) is 0.525. The van der Waals surface area contributed by atoms with Crippen molar-refractivity contribution in [3.63, 3.8) is 0 Å². The molecule has 0 saturated heterocycles. The lowest BCUT2D eigenvalue weighted by molar-refractivity contribution is 0.144. The van der Waals surface area contributed by atoms with E-state index in [9.17, 15) is 9.90 Å². The van der Waals surface area contributed by atoms with Crippen LogP contribution in [0, 0.1) is 0 Å². The van der Waals surface area contributed by atoms with Gasteiger partial charge in [0.05, 0.1) is 22.6 Å². The Morgan fingerprint density at radius 3 is 2.31 bits per heavy atom. The molecular formula is C23H24N4O2. The van der Waals surface area contributed by atoms with E-state index in [4.69, 9.17) is 16.5 Å². The minimum atomic E-state index is -0.993. The Kier molecular flexibility index (Phi) is 4.94. The van der Waals surface area contributed by atoms with Gasteiger partial charge < -0.3 is 21.9 Å². The second kappa shape index (κ2) is 7.56. The number of nitrogen functional groups attached to an aromatic ring is 1. The molecule has 1 aliphatic rings. The summed E-state index contributed by atoms with van der Waals surface area (Å²) in [6.07, 6.45) is 1.64. The molecule has 29 heavy (non-hydrogen) atoms. The fourth-order valence-electron chi connectivity index (χ4n) is 3.96. The molecule has 6 heteroatoms. The molecule has 1 heterocycles. The Morgan fingerprint density at radius 1 is 1.07 bits per heavy atom. The third-order valence-electron chi connectivity index (χ3n) is 5.68. The number of hydrogen-bond donors (Lipinski definition) is 4. The largest absolute Gasteiger partial charge is 0.465 e. The first-order valence-corrected chi connectivity index (χ1v) is 9.69. The van der Waals surface area contributed by atoms with Crippen LogP contribution in [-0.2, 0) is 12.1 Å². The third kappa shape index (κ3) is 3.54. The minimum absolute atomic E-state index is 0.262. The van der Waals surface area contributed by atoms with Crippen LogP contribution in [-0.4, -0.2) is 16.2 Å². The Labute approximate surface area is 169 Å². The van der Waals surface area contributed by atoms with E-state index in [0.717, 1.165) is 47.2 Å². The SMILES string of the molecule is NCc1nc(-c2ccc(C3(NC(=O)O)CCC3)cc2)c(-c2ccccc2)cc1N. The van der Waals surface area contributed by atoms with Crippen molar-refractivity contribution in [1.29, 1.82) is 0 Å². The predicted octanol–water partition coefficient (Wildman–Crippen LogP) is 4.10. The molecule has 1 aliphatic carbocycles. The molecule has 1 fully saturated rings. The Bertz CT molecular complexity index is 1030. The van der Waals surface area contributed by atoms with E-state index in [0.29, 0.717) is 11.4 Å². The molecule has 0 aliphatic heterocycles. The molecule has 6 nitrogen and oxygen atoms in total. The molecule has 148 valence electrons. The number of pyridine rings is 1. The highest BCUT2D eigenvalue weighted by Crippen LogP contribution is 2.42. The topological polar surface area (TPSA) is 114 Å². The van der Waals surface area contributed by atoms with Crippen LogP contribution in [0.25, 0.3) is 22.4 Å². The van der Waals surface area contributed by atoms with Crippen molar-refractivity contribution in [2.45, 2.75) is 31.3 Å². The number of nitrogens with two attached hydrogens (primary N) is 2. The maximum Gasteiger partial charge on any atom is 0.405 e. The van der Waals surface area contributed by atoms with E-state index in [1.165, 1.54) is 0 Å². The predicted molar refractivity (Wildman–Crippen MR) is 114 cm³/mol. The van der Waals surface area contributed by atoms with Gasteiger partial charge in [-0.3, -0.25) is 0 Å². The summed E-state index contributed by atoms with van der Waals surface area (Å²) in [7, 11) is 0. The van der Waals surface area contributed by atoms with E-state index in [2.05, 4.69) is 5.32 Å². The number of amides is 1. The molecule has 0 unspecified atom stereocenters. The second-order valence-corrected chi connectivity index (χ2v) is 7.43. The van der Waals surface area contributed by atoms with E-state index in [-0.39, 0.29) is 6.54 Å². The van der Waals surface area contributed by atoms with Crippen molar-refractivity contribution < 1.29 is 9.90 Å². The van der Waals surface area contributed by atoms with Crippen LogP contribution in [0.5, 0.6) is 0 Å². The van der Waals surface area contributed by atoms with Crippen LogP contribution in [0.15, 0.2) is 60.7 Å². The van der Waals surface area contributed by atoms with Gasteiger partial charge in [0.25, 0.3) is 0 Å². The van der Waals surface area contributed by atoms with E-state index >= 15 is 0 Å². The van der Waals surface area contributed by atoms with Gasteiger partial charge in [-0.1, -0.05) is 54.6 Å². The Morgan fingerprint density at radius 2 is 1.76 bits per heavy atom. The van der Waals surface area contributed by atoms with Crippen molar-refractivity contribution in [1.82, 2.24) is 10.3 Å². The zero-order chi connectivity index (χ0) is 20.4. The van der Waals surface area contributed by atoms with Crippen molar-refractivity contribution in [2.75, 3.05) is 5.73 Å². The number of anilines is 1. The van der Waals surface area contributed by atoms with Gasteiger partial charge in [-0.15, -0.1) is 0 Å². The second-order valence-electron chi connectivity index (χ2n) is 7.43. The first-order valence-electron chi connectivity index (χ1n) is 9.69. The number of aromatic nitrogens is 1. The highest BCUT2D eigenvalue weighted by molar-refractivity contribution is 5.83. The van der Waals surface area contributed by atoms with Crippen molar-refractivity contribution in [2.24, 2.45) is 5.73 Å². The molecule has 2 aromatic carbocycles. The van der Waals surface area contributed by atoms with Crippen molar-refractivity contribution in [3.8, 4) is 22.4 Å². The summed E-state index contributed by atoms with van der Waals surface area (Å²) in [5, 5.41) is 11.9. The number of carbonyl (C=O) groups is 1. The van der Waals surface area contributed by atoms with Gasteiger partial charge in [0.1, 0.15) is 0 Å². The zero-order valence-electron chi connectivity index (χ0n) is 16.1. The molecule has 0 radical (unpaired) electrons. The van der Waals surface area contributed by atoms with Crippen LogP contribution < -0.4 is 16.8 Å². The van der Waals surface area contributed by atoms with Gasteiger partial charge >= 0.3 is 6.09 Å². The summed E-state index contributed by atoms with van der Waals surface area (Å²) >= 11 is 0. The van der Waals surface area contributed by atoms with Gasteiger partial charge in [0.15, 0.2) is 0 Å². The molecule has 4 rings (SSSR count). The molecule has 0 spiro atoms. The average Bonchev–Trinajstić information content (AvgIpc) is 2.71. The lowest BCUT2D eigenvalue weighted by atomic mass is 9.71. The molecular weight excluding hydrogens is 364 g/mol. The van der Waals surface area contributed by atoms with Crippen molar-refractivity contribution >= 4 is 11.8 Å². The number of benzene rings is 2. The van der Waals surface area contributed by atoms with Gasteiger partial charge in [-0.05, 0) is 36.5 Å². The smallest absolute Gasteiger partial charge is 0.405 e. The molecule has 0 bridgehead atoms. The highest BCUT2D eigenvalue weighted by Gasteiger charge is 2.40. The maximum absolute atomic E-state index is 11.2. The van der Waals surface area contributed by atoms with Gasteiger partial charge in [0, 0.05) is 17.7 Å². The fraction of sp³-hybridized carbons (Fsp3) is 0.217. The minimum Gasteiger partial charge on any atom is -0.465 e. The van der Waals surface area contributed by atoms with Crippen LogP contribution in [0.3, 0.4) is 0 Å². The molecule has 6 N–H and O–H groups in total. The normalized spacial score (nSPS) is 14.8. The number of hydrogen-bond acceptors (Lipinski definition) is 4. The summed E-state index contributed by atoms with van der Waals surface area (Å²) < 4.78 is 0. The maximum atomic E-state index is 11.2. The number of nitrogens with one attached hydrogen (secondary N) is 1. The summed E-state index contributed by atoms with van der Waals surface area (Å²) in [6.45, 7) is 0.262. The van der Waals surface area contributed by atoms with Crippen molar-refractivity contribution in [3.05, 3.63) is 71.9 Å². The monoisotopic (exact) mass is 388 g/mol. The summed E-state index contributed by atoms with van der Waals surface area (Å²) in [5.74, 6) is 0. The standard InChI is InChI=1S/C23H24N4O2/c24-14-20-19(25)13-18(15-5-2-1-3-6-15)21(26-20)16-7-9-17(10-8-16)23(11-4-12-23)27-22(28)29/h1-3,5-10,13,27H,4,11-12,14,24-25H2,(H,28,29). The van der Waals surface area contributed by atoms with Gasteiger partial charge in [-0.25, -0.2) is 9.78 Å². The lowest BCUT2D eigenvalue weighted by Gasteiger charge is -2.42. The lowest BCUT2D eigenvalue weighted by Crippen LogP contribution is -2.50. The van der Waals surface area contributed by atoms with Gasteiger partial charge in [-0.2, -0.15) is 0 Å². The van der Waals surface area contributed by atoms with Crippen LogP contribution >= 0.6 is 0 Å². The number of rotatable bonds is 5. The Balaban J connectivity index is 1.77. The third-order valence-corrected chi connectivity index (χ3v) is 5.68. The molecule has 3 aromatic rings. The molecule has 1 aromatic heterocycles.